The summed E-state index contributed by atoms with van der Waals surface area (Å²) < 4.78 is 10.3. The third kappa shape index (κ3) is 11.4. The van der Waals surface area contributed by atoms with E-state index >= 15 is 0 Å². The van der Waals surface area contributed by atoms with E-state index in [0.29, 0.717) is 0 Å². The molecule has 0 fully saturated rings. The molecule has 0 rings (SSSR count). The number of nitrogens with zero attached hydrogens (tertiary/aromatic N) is 1. The van der Waals surface area contributed by atoms with Crippen LogP contribution in [-0.4, -0.2) is 58.5 Å². The number of methoxy groups -OCH3 is 2. The Morgan fingerprint density at radius 2 is 1.58 bits per heavy atom. The van der Waals surface area contributed by atoms with Crippen molar-refractivity contribution in [2.75, 3.05) is 53.6 Å². The highest BCUT2D eigenvalue weighted by atomic mass is 16.5. The molecule has 0 aliphatic rings. The van der Waals surface area contributed by atoms with Gasteiger partial charge in [0.1, 0.15) is 0 Å². The molecule has 0 aliphatic carbocycles. The van der Waals surface area contributed by atoms with Gasteiger partial charge in [0.05, 0.1) is 13.2 Å². The molecule has 0 spiro atoms. The second-order valence-electron chi connectivity index (χ2n) is 5.20. The molecule has 0 saturated carbocycles. The smallest absolute Gasteiger partial charge is 0.0589 e. The third-order valence-corrected chi connectivity index (χ3v) is 3.58. The van der Waals surface area contributed by atoms with Crippen molar-refractivity contribution in [1.82, 2.24) is 4.90 Å². The molecule has 0 aromatic heterocycles. The van der Waals surface area contributed by atoms with Crippen LogP contribution in [0.15, 0.2) is 0 Å². The van der Waals surface area contributed by atoms with Gasteiger partial charge in [0.15, 0.2) is 0 Å². The van der Waals surface area contributed by atoms with Crippen LogP contribution in [0.2, 0.25) is 0 Å². The molecule has 0 heterocycles. The minimum absolute atomic E-state index is 0.797. The van der Waals surface area contributed by atoms with E-state index in [4.69, 9.17) is 15.2 Å². The van der Waals surface area contributed by atoms with Gasteiger partial charge in [-0.25, -0.2) is 0 Å². The zero-order valence-electron chi connectivity index (χ0n) is 13.2. The Balaban J connectivity index is 3.85. The first-order valence-corrected chi connectivity index (χ1v) is 7.68. The van der Waals surface area contributed by atoms with E-state index in [1.165, 1.54) is 32.1 Å². The van der Waals surface area contributed by atoms with Gasteiger partial charge in [0.2, 0.25) is 0 Å². The van der Waals surface area contributed by atoms with Gasteiger partial charge in [-0.1, -0.05) is 19.8 Å². The second-order valence-corrected chi connectivity index (χ2v) is 5.20. The highest BCUT2D eigenvalue weighted by molar-refractivity contribution is 4.63. The average Bonchev–Trinajstić information content (AvgIpc) is 2.41. The Hall–Kier alpha value is -0.160. The third-order valence-electron chi connectivity index (χ3n) is 3.58. The van der Waals surface area contributed by atoms with E-state index in [1.54, 1.807) is 14.2 Å². The molecular weight excluding hydrogens is 240 g/mol. The fourth-order valence-electron chi connectivity index (χ4n) is 2.46. The van der Waals surface area contributed by atoms with E-state index in [9.17, 15) is 0 Å². The minimum Gasteiger partial charge on any atom is -0.383 e. The first kappa shape index (κ1) is 18.8. The molecule has 0 bridgehead atoms. The summed E-state index contributed by atoms with van der Waals surface area (Å²) in [5.74, 6) is 0.807. The van der Waals surface area contributed by atoms with Crippen molar-refractivity contribution in [3.63, 3.8) is 0 Å². The maximum Gasteiger partial charge on any atom is 0.0589 e. The van der Waals surface area contributed by atoms with E-state index in [0.717, 1.165) is 45.3 Å². The van der Waals surface area contributed by atoms with Crippen LogP contribution in [0, 0.1) is 5.92 Å². The Morgan fingerprint density at radius 3 is 2.05 bits per heavy atom. The zero-order valence-corrected chi connectivity index (χ0v) is 13.2. The molecule has 1 atom stereocenters. The summed E-state index contributed by atoms with van der Waals surface area (Å²) in [6, 6.07) is 0. The summed E-state index contributed by atoms with van der Waals surface area (Å²) in [6.07, 6.45) is 6.29. The molecule has 1 unspecified atom stereocenters. The fraction of sp³-hybridized carbons (Fsp3) is 1.00. The predicted molar refractivity (Wildman–Crippen MR) is 81.5 cm³/mol. The molecular formula is C15H34N2O2. The van der Waals surface area contributed by atoms with Crippen molar-refractivity contribution in [2.45, 2.75) is 39.0 Å². The molecule has 0 saturated heterocycles. The van der Waals surface area contributed by atoms with Crippen LogP contribution >= 0.6 is 0 Å². The van der Waals surface area contributed by atoms with Gasteiger partial charge in [-0.15, -0.1) is 0 Å². The highest BCUT2D eigenvalue weighted by Crippen LogP contribution is 2.17. The number of rotatable bonds is 14. The van der Waals surface area contributed by atoms with Crippen molar-refractivity contribution in [1.29, 1.82) is 0 Å². The molecule has 0 aromatic rings. The van der Waals surface area contributed by atoms with Gasteiger partial charge < -0.3 is 15.2 Å². The summed E-state index contributed by atoms with van der Waals surface area (Å²) in [7, 11) is 3.51. The molecule has 0 aliphatic heterocycles. The van der Waals surface area contributed by atoms with Gasteiger partial charge in [-0.2, -0.15) is 0 Å². The van der Waals surface area contributed by atoms with Crippen molar-refractivity contribution < 1.29 is 9.47 Å². The lowest BCUT2D eigenvalue weighted by Gasteiger charge is -2.23. The lowest BCUT2D eigenvalue weighted by molar-refractivity contribution is 0.112. The van der Waals surface area contributed by atoms with Gasteiger partial charge in [-0.3, -0.25) is 4.90 Å². The first-order valence-electron chi connectivity index (χ1n) is 7.68. The second kappa shape index (κ2) is 14.3. The summed E-state index contributed by atoms with van der Waals surface area (Å²) >= 11 is 0. The average molecular weight is 274 g/mol. The molecule has 0 radical (unpaired) electrons. The number of hydrogen-bond donors (Lipinski definition) is 1. The lowest BCUT2D eigenvalue weighted by Crippen LogP contribution is -2.32. The highest BCUT2D eigenvalue weighted by Gasteiger charge is 2.09. The van der Waals surface area contributed by atoms with Crippen molar-refractivity contribution in [3.8, 4) is 0 Å². The van der Waals surface area contributed by atoms with E-state index in [1.807, 2.05) is 0 Å². The molecule has 116 valence electrons. The van der Waals surface area contributed by atoms with E-state index < -0.39 is 0 Å². The van der Waals surface area contributed by atoms with Gasteiger partial charge in [-0.05, 0) is 38.3 Å². The first-order chi connectivity index (χ1) is 9.28. The molecule has 0 aromatic carbocycles. The SMILES string of the molecule is CCCC(CCN)CCCN(CCOC)CCOC. The Kier molecular flexibility index (Phi) is 14.1. The number of nitrogens with two attached hydrogens (primary N) is 1. The van der Waals surface area contributed by atoms with Crippen LogP contribution in [0.3, 0.4) is 0 Å². The zero-order chi connectivity index (χ0) is 14.3. The van der Waals surface area contributed by atoms with Crippen LogP contribution in [0.5, 0.6) is 0 Å². The molecule has 19 heavy (non-hydrogen) atoms. The van der Waals surface area contributed by atoms with Gasteiger partial charge in [0.25, 0.3) is 0 Å². The maximum absolute atomic E-state index is 5.68. The fourth-order valence-corrected chi connectivity index (χ4v) is 2.46. The lowest BCUT2D eigenvalue weighted by atomic mass is 9.94. The minimum atomic E-state index is 0.797. The summed E-state index contributed by atoms with van der Waals surface area (Å²) in [5.41, 5.74) is 5.68. The van der Waals surface area contributed by atoms with Crippen LogP contribution < -0.4 is 5.73 Å². The van der Waals surface area contributed by atoms with Crippen molar-refractivity contribution in [3.05, 3.63) is 0 Å². The predicted octanol–water partition coefficient (Wildman–Crippen LogP) is 2.13. The Bertz CT molecular complexity index is 166. The van der Waals surface area contributed by atoms with Crippen LogP contribution in [0.25, 0.3) is 0 Å². The van der Waals surface area contributed by atoms with Gasteiger partial charge in [0, 0.05) is 27.3 Å². The number of hydrogen-bond acceptors (Lipinski definition) is 4. The maximum atomic E-state index is 5.68. The topological polar surface area (TPSA) is 47.7 Å². The van der Waals surface area contributed by atoms with Crippen LogP contribution in [-0.2, 0) is 9.47 Å². The molecule has 0 amide bonds. The largest absolute Gasteiger partial charge is 0.383 e. The van der Waals surface area contributed by atoms with Gasteiger partial charge >= 0.3 is 0 Å². The van der Waals surface area contributed by atoms with E-state index in [2.05, 4.69) is 11.8 Å². The standard InChI is InChI=1S/C15H34N2O2/c1-4-6-15(8-9-16)7-5-10-17(11-13-18-2)12-14-19-3/h15H,4-14,16H2,1-3H3. The Labute approximate surface area is 119 Å². The molecule has 4 heteroatoms. The molecule has 2 N–H and O–H groups in total. The van der Waals surface area contributed by atoms with Crippen LogP contribution in [0.1, 0.15) is 39.0 Å². The number of ether oxygens (including phenoxy) is 2. The molecule has 4 nitrogen and oxygen atoms in total. The normalized spacial score (nSPS) is 13.1. The summed E-state index contributed by atoms with van der Waals surface area (Å²) in [4.78, 5) is 2.43. The van der Waals surface area contributed by atoms with Crippen LogP contribution in [0.4, 0.5) is 0 Å². The quantitative estimate of drug-likeness (QED) is 0.527. The summed E-state index contributed by atoms with van der Waals surface area (Å²) in [6.45, 7) is 7.80. The van der Waals surface area contributed by atoms with E-state index in [-0.39, 0.29) is 0 Å². The van der Waals surface area contributed by atoms with Crippen molar-refractivity contribution in [2.24, 2.45) is 11.7 Å². The summed E-state index contributed by atoms with van der Waals surface area (Å²) in [5, 5.41) is 0. The monoisotopic (exact) mass is 274 g/mol. The van der Waals surface area contributed by atoms with Crippen molar-refractivity contribution >= 4 is 0 Å². The Morgan fingerprint density at radius 1 is 0.947 bits per heavy atom.